The standard InChI is InChI=1S/C17H12F3N6O3S/c18-17(19,20)13-5-4-12(11-3-1-2-9-8-26(27)7-6-10(9)11)14(15(13)30(21,28)29)16-22-24-25-23-16/h1-8,27H,(H2,21,28,29)(H,22,23,24,25)/q+1. The number of fused-ring (bicyclic) bond motifs is 1. The van der Waals surface area contributed by atoms with Crippen molar-refractivity contribution in [2.24, 2.45) is 5.14 Å². The van der Waals surface area contributed by atoms with Gasteiger partial charge < -0.3 is 0 Å². The van der Waals surface area contributed by atoms with Crippen molar-refractivity contribution in [1.82, 2.24) is 20.6 Å². The van der Waals surface area contributed by atoms with Crippen molar-refractivity contribution < 1.29 is 31.5 Å². The van der Waals surface area contributed by atoms with Crippen molar-refractivity contribution >= 4 is 20.8 Å². The first-order valence-electron chi connectivity index (χ1n) is 8.22. The van der Waals surface area contributed by atoms with Crippen molar-refractivity contribution in [2.45, 2.75) is 11.1 Å². The van der Waals surface area contributed by atoms with E-state index in [1.165, 1.54) is 18.5 Å². The predicted molar refractivity (Wildman–Crippen MR) is 96.3 cm³/mol. The number of nitrogens with zero attached hydrogens (tertiary/aromatic N) is 4. The molecule has 0 bridgehead atoms. The Morgan fingerprint density at radius 1 is 1.10 bits per heavy atom. The van der Waals surface area contributed by atoms with Crippen LogP contribution in [0.2, 0.25) is 0 Å². The van der Waals surface area contributed by atoms with E-state index < -0.39 is 32.2 Å². The number of hydrogen-bond donors (Lipinski definition) is 3. The van der Waals surface area contributed by atoms with Gasteiger partial charge in [0.1, 0.15) is 4.90 Å². The van der Waals surface area contributed by atoms with Crippen molar-refractivity contribution in [2.75, 3.05) is 0 Å². The van der Waals surface area contributed by atoms with Gasteiger partial charge in [-0.2, -0.15) is 18.4 Å². The van der Waals surface area contributed by atoms with Crippen LogP contribution in [0, 0.1) is 0 Å². The second kappa shape index (κ2) is 6.74. The van der Waals surface area contributed by atoms with E-state index in [0.717, 1.165) is 10.8 Å². The molecule has 0 fully saturated rings. The van der Waals surface area contributed by atoms with Crippen LogP contribution in [0.3, 0.4) is 0 Å². The summed E-state index contributed by atoms with van der Waals surface area (Å²) in [6, 6.07) is 8.16. The van der Waals surface area contributed by atoms with Gasteiger partial charge in [-0.1, -0.05) is 18.2 Å². The van der Waals surface area contributed by atoms with E-state index >= 15 is 0 Å². The van der Waals surface area contributed by atoms with Crippen molar-refractivity contribution in [1.29, 1.82) is 0 Å². The van der Waals surface area contributed by atoms with Gasteiger partial charge in [-0.05, 0) is 28.5 Å². The molecule has 2 aromatic carbocycles. The molecule has 2 heterocycles. The fourth-order valence-corrected chi connectivity index (χ4v) is 4.24. The van der Waals surface area contributed by atoms with Crippen LogP contribution in [0.25, 0.3) is 33.3 Å². The lowest BCUT2D eigenvalue weighted by atomic mass is 9.93. The molecule has 154 valence electrons. The van der Waals surface area contributed by atoms with Gasteiger partial charge in [0.2, 0.25) is 28.2 Å². The molecule has 0 aliphatic heterocycles. The molecular formula is C17H12F3N6O3S+. The van der Waals surface area contributed by atoms with Gasteiger partial charge >= 0.3 is 6.18 Å². The quantitative estimate of drug-likeness (QED) is 0.330. The van der Waals surface area contributed by atoms with E-state index in [9.17, 15) is 26.8 Å². The molecule has 0 aliphatic carbocycles. The largest absolute Gasteiger partial charge is 0.417 e. The van der Waals surface area contributed by atoms with Crippen LogP contribution in [0.15, 0.2) is 53.7 Å². The molecule has 9 nitrogen and oxygen atoms in total. The first kappa shape index (κ1) is 19.7. The zero-order valence-electron chi connectivity index (χ0n) is 14.8. The van der Waals surface area contributed by atoms with Crippen molar-refractivity contribution in [3.8, 4) is 22.5 Å². The fourth-order valence-electron chi connectivity index (χ4n) is 3.27. The van der Waals surface area contributed by atoms with Crippen LogP contribution >= 0.6 is 0 Å². The van der Waals surface area contributed by atoms with Crippen LogP contribution in [-0.4, -0.2) is 34.2 Å². The molecule has 0 radical (unpaired) electrons. The fraction of sp³-hybridized carbons (Fsp3) is 0.0588. The molecule has 0 amide bonds. The maximum absolute atomic E-state index is 13.6. The number of nitrogens with one attached hydrogen (secondary N) is 1. The predicted octanol–water partition coefficient (Wildman–Crippen LogP) is 1.88. The van der Waals surface area contributed by atoms with Gasteiger partial charge in [-0.15, -0.1) is 10.2 Å². The lowest BCUT2D eigenvalue weighted by Gasteiger charge is -2.18. The van der Waals surface area contributed by atoms with Crippen LogP contribution in [0.5, 0.6) is 0 Å². The number of nitrogens with two attached hydrogens (primary N) is 1. The Labute approximate surface area is 166 Å². The second-order valence-corrected chi connectivity index (χ2v) is 7.77. The highest BCUT2D eigenvalue weighted by molar-refractivity contribution is 7.89. The van der Waals surface area contributed by atoms with Gasteiger partial charge in [0.05, 0.1) is 16.5 Å². The zero-order valence-corrected chi connectivity index (χ0v) is 15.6. The third-order valence-corrected chi connectivity index (χ3v) is 5.40. The van der Waals surface area contributed by atoms with Crippen LogP contribution in [0.1, 0.15) is 5.56 Å². The Hall–Kier alpha value is -3.58. The Morgan fingerprint density at radius 3 is 2.50 bits per heavy atom. The van der Waals surface area contributed by atoms with Crippen molar-refractivity contribution in [3.05, 3.63) is 54.4 Å². The molecule has 13 heteroatoms. The molecule has 4 rings (SSSR count). The van der Waals surface area contributed by atoms with Gasteiger partial charge in [0.15, 0.2) is 0 Å². The highest BCUT2D eigenvalue weighted by Gasteiger charge is 2.40. The van der Waals surface area contributed by atoms with Gasteiger partial charge in [0.25, 0.3) is 0 Å². The van der Waals surface area contributed by atoms with E-state index in [4.69, 9.17) is 5.14 Å². The van der Waals surface area contributed by atoms with E-state index in [-0.39, 0.29) is 11.4 Å². The highest BCUT2D eigenvalue weighted by atomic mass is 32.2. The SMILES string of the molecule is NS(=O)(=O)c1c(C(F)(F)F)ccc(-c2cccc3c[n+](O)ccc23)c1-c1nn[nH]n1. The molecule has 0 atom stereocenters. The van der Waals surface area contributed by atoms with E-state index in [2.05, 4.69) is 20.6 Å². The normalized spacial score (nSPS) is 12.4. The number of alkyl halides is 3. The minimum Gasteiger partial charge on any atom is -0.285 e. The Bertz CT molecular complexity index is 1370. The third kappa shape index (κ3) is 3.33. The number of tetrazole rings is 1. The van der Waals surface area contributed by atoms with E-state index in [0.29, 0.717) is 22.4 Å². The first-order valence-corrected chi connectivity index (χ1v) is 9.76. The van der Waals surface area contributed by atoms with Crippen LogP contribution in [-0.2, 0) is 16.2 Å². The Kier molecular flexibility index (Phi) is 4.43. The van der Waals surface area contributed by atoms with Crippen LogP contribution in [0.4, 0.5) is 13.2 Å². The topological polar surface area (TPSA) is 139 Å². The number of pyridine rings is 1. The van der Waals surface area contributed by atoms with E-state index in [1.807, 2.05) is 0 Å². The monoisotopic (exact) mass is 437 g/mol. The first-order chi connectivity index (χ1) is 14.1. The number of H-pyrrole nitrogens is 1. The second-order valence-electron chi connectivity index (χ2n) is 6.28. The highest BCUT2D eigenvalue weighted by Crippen LogP contribution is 2.44. The Morgan fingerprint density at radius 2 is 1.87 bits per heavy atom. The van der Waals surface area contributed by atoms with Crippen molar-refractivity contribution in [3.63, 3.8) is 0 Å². The molecule has 30 heavy (non-hydrogen) atoms. The summed E-state index contributed by atoms with van der Waals surface area (Å²) in [6.45, 7) is 0. The summed E-state index contributed by atoms with van der Waals surface area (Å²) in [5.74, 6) is -0.370. The summed E-state index contributed by atoms with van der Waals surface area (Å²) in [4.78, 5) is -1.15. The molecule has 4 N–H and O–H groups in total. The van der Waals surface area contributed by atoms with Crippen LogP contribution < -0.4 is 9.87 Å². The summed E-state index contributed by atoms with van der Waals surface area (Å²) in [5, 5.41) is 28.7. The molecule has 2 aromatic heterocycles. The molecule has 0 aliphatic rings. The number of sulfonamides is 1. The minimum absolute atomic E-state index is 0.0923. The molecule has 4 aromatic rings. The smallest absolute Gasteiger partial charge is 0.285 e. The number of aromatic amines is 1. The summed E-state index contributed by atoms with van der Waals surface area (Å²) < 4.78 is 66.2. The third-order valence-electron chi connectivity index (χ3n) is 4.41. The molecular weight excluding hydrogens is 425 g/mol. The average Bonchev–Trinajstić information content (AvgIpc) is 3.19. The summed E-state index contributed by atoms with van der Waals surface area (Å²) in [7, 11) is -4.85. The molecule has 0 saturated heterocycles. The van der Waals surface area contributed by atoms with E-state index in [1.54, 1.807) is 18.2 Å². The lowest BCUT2D eigenvalue weighted by molar-refractivity contribution is -0.903. The van der Waals surface area contributed by atoms with Gasteiger partial charge in [-0.25, -0.2) is 13.6 Å². The summed E-state index contributed by atoms with van der Waals surface area (Å²) in [6.07, 6.45) is -2.29. The lowest BCUT2D eigenvalue weighted by Crippen LogP contribution is -2.27. The van der Waals surface area contributed by atoms with Gasteiger partial charge in [0, 0.05) is 16.2 Å². The number of benzene rings is 2. The summed E-state index contributed by atoms with van der Waals surface area (Å²) >= 11 is 0. The molecule has 0 saturated carbocycles. The number of aromatic nitrogens is 5. The molecule has 0 unspecified atom stereocenters. The maximum Gasteiger partial charge on any atom is 0.417 e. The molecule has 0 spiro atoms. The number of halogens is 3. The van der Waals surface area contributed by atoms with Gasteiger partial charge in [-0.3, -0.25) is 5.21 Å². The Balaban J connectivity index is 2.18. The minimum atomic E-state index is -5.00. The number of primary sulfonamides is 1. The summed E-state index contributed by atoms with van der Waals surface area (Å²) in [5.41, 5.74) is -1.41. The zero-order chi connectivity index (χ0) is 21.7. The average molecular weight is 437 g/mol. The maximum atomic E-state index is 13.6. The number of hydrogen-bond acceptors (Lipinski definition) is 6. The number of rotatable bonds is 3.